The number of esters is 2. The van der Waals surface area contributed by atoms with Crippen LogP contribution < -0.4 is 9.47 Å². The minimum absolute atomic E-state index is 0.202. The van der Waals surface area contributed by atoms with E-state index in [1.165, 1.54) is 0 Å². The van der Waals surface area contributed by atoms with E-state index in [0.29, 0.717) is 37.9 Å². The van der Waals surface area contributed by atoms with Crippen LogP contribution in [0.5, 0.6) is 11.5 Å². The van der Waals surface area contributed by atoms with Crippen molar-refractivity contribution in [2.24, 2.45) is 11.8 Å². The second-order valence-electron chi connectivity index (χ2n) is 11.6. The van der Waals surface area contributed by atoms with Gasteiger partial charge in [0.05, 0.1) is 17.7 Å². The number of halogens is 3. The molecular weight excluding hydrogens is 598 g/mol. The van der Waals surface area contributed by atoms with Gasteiger partial charge in [0.15, 0.2) is 12.3 Å². The fourth-order valence-corrected chi connectivity index (χ4v) is 5.89. The smallest absolute Gasteiger partial charge is 0.340 e. The van der Waals surface area contributed by atoms with Crippen molar-refractivity contribution >= 4 is 27.9 Å². The fourth-order valence-electron chi connectivity index (χ4n) is 5.42. The summed E-state index contributed by atoms with van der Waals surface area (Å²) in [5, 5.41) is 0. The van der Waals surface area contributed by atoms with E-state index in [-0.39, 0.29) is 25.0 Å². The Labute approximate surface area is 252 Å². The number of unbranched alkanes of at least 4 members (excludes halogenated alkanes) is 2. The van der Waals surface area contributed by atoms with Gasteiger partial charge in [-0.05, 0) is 110 Å². The molecule has 0 N–H and O–H groups in total. The van der Waals surface area contributed by atoms with E-state index in [1.54, 1.807) is 0 Å². The molecule has 0 bridgehead atoms. The van der Waals surface area contributed by atoms with Gasteiger partial charge in [0.25, 0.3) is 0 Å². The highest BCUT2D eigenvalue weighted by Gasteiger charge is 2.29. The minimum Gasteiger partial charge on any atom is -0.493 e. The Morgan fingerprint density at radius 3 is 1.68 bits per heavy atom. The summed E-state index contributed by atoms with van der Waals surface area (Å²) in [5.41, 5.74) is 0. The third-order valence-corrected chi connectivity index (χ3v) is 8.77. The maximum atomic E-state index is 13.9. The van der Waals surface area contributed by atoms with Crippen molar-refractivity contribution in [3.63, 3.8) is 0 Å². The molecule has 232 valence electrons. The van der Waals surface area contributed by atoms with E-state index >= 15 is 0 Å². The van der Waals surface area contributed by atoms with Gasteiger partial charge in [-0.3, -0.25) is 0 Å². The Hall–Kier alpha value is -1.90. The zero-order chi connectivity index (χ0) is 29.6. The van der Waals surface area contributed by atoms with Gasteiger partial charge in [-0.25, -0.2) is 18.4 Å². The molecule has 1 aromatic rings. The molecule has 0 spiro atoms. The summed E-state index contributed by atoms with van der Waals surface area (Å²) < 4.78 is 51.5. The molecule has 0 aliphatic heterocycles. The maximum Gasteiger partial charge on any atom is 0.340 e. The van der Waals surface area contributed by atoms with Crippen LogP contribution in [0.15, 0.2) is 22.7 Å². The highest BCUT2D eigenvalue weighted by molar-refractivity contribution is 9.10. The molecule has 41 heavy (non-hydrogen) atoms. The molecule has 0 amide bonds. The Morgan fingerprint density at radius 2 is 1.24 bits per heavy atom. The third kappa shape index (κ3) is 11.7. The average Bonchev–Trinajstić information content (AvgIpc) is 2.98. The lowest BCUT2D eigenvalue weighted by Gasteiger charge is -2.29. The Bertz CT molecular complexity index is 931. The number of alkyl halides is 2. The van der Waals surface area contributed by atoms with Gasteiger partial charge in [-0.2, -0.15) is 0 Å². The highest BCUT2D eigenvalue weighted by atomic mass is 79.9. The fraction of sp³-hybridized carbons (Fsp3) is 0.750. The van der Waals surface area contributed by atoms with Crippen LogP contribution in [0.2, 0.25) is 0 Å². The summed E-state index contributed by atoms with van der Waals surface area (Å²) in [6, 6.07) is 5.70. The normalized spacial score (nSPS) is 24.2. The summed E-state index contributed by atoms with van der Waals surface area (Å²) in [6.07, 6.45) is 6.55. The number of ether oxygens (including phenoxy) is 4. The second-order valence-corrected chi connectivity index (χ2v) is 12.4. The van der Waals surface area contributed by atoms with E-state index in [2.05, 4.69) is 15.9 Å². The Kier molecular flexibility index (Phi) is 14.7. The Morgan fingerprint density at radius 1 is 0.780 bits per heavy atom. The SMILES string of the molecule is CCCCC(F)C(=O)OC1CCC(COc2ccc(OCC3CCC(OC(=O)C(F)CCCC)CC3)c(Br)c2)CC1. The van der Waals surface area contributed by atoms with Gasteiger partial charge in [0.1, 0.15) is 23.7 Å². The first kappa shape index (κ1) is 33.6. The van der Waals surface area contributed by atoms with Crippen molar-refractivity contribution in [1.29, 1.82) is 0 Å². The molecule has 6 nitrogen and oxygen atoms in total. The zero-order valence-corrected chi connectivity index (χ0v) is 26.2. The number of benzene rings is 1. The third-order valence-electron chi connectivity index (χ3n) is 8.15. The molecule has 2 aliphatic carbocycles. The number of hydrogen-bond donors (Lipinski definition) is 0. The predicted octanol–water partition coefficient (Wildman–Crippen LogP) is 8.47. The lowest BCUT2D eigenvalue weighted by Crippen LogP contribution is -2.30. The first-order valence-electron chi connectivity index (χ1n) is 15.5. The van der Waals surface area contributed by atoms with Gasteiger partial charge >= 0.3 is 11.9 Å². The van der Waals surface area contributed by atoms with E-state index in [1.807, 2.05) is 32.0 Å². The van der Waals surface area contributed by atoms with E-state index in [4.69, 9.17) is 18.9 Å². The summed E-state index contributed by atoms with van der Waals surface area (Å²) in [5.74, 6) is 0.786. The van der Waals surface area contributed by atoms with Gasteiger partial charge in [0.2, 0.25) is 0 Å². The first-order chi connectivity index (χ1) is 19.8. The molecule has 3 rings (SSSR count). The monoisotopic (exact) mass is 644 g/mol. The first-order valence-corrected chi connectivity index (χ1v) is 16.3. The molecule has 0 radical (unpaired) electrons. The molecule has 1 aromatic carbocycles. The van der Waals surface area contributed by atoms with Crippen LogP contribution in [-0.2, 0) is 19.1 Å². The molecule has 0 aromatic heterocycles. The molecule has 2 fully saturated rings. The average molecular weight is 646 g/mol. The number of hydrogen-bond acceptors (Lipinski definition) is 6. The number of carbonyl (C=O) groups excluding carboxylic acids is 2. The van der Waals surface area contributed by atoms with Crippen molar-refractivity contribution in [2.75, 3.05) is 13.2 Å². The van der Waals surface area contributed by atoms with Crippen molar-refractivity contribution in [1.82, 2.24) is 0 Å². The van der Waals surface area contributed by atoms with Crippen LogP contribution in [0, 0.1) is 11.8 Å². The molecule has 0 heterocycles. The van der Waals surface area contributed by atoms with Crippen LogP contribution in [0.3, 0.4) is 0 Å². The summed E-state index contributed by atoms with van der Waals surface area (Å²) in [7, 11) is 0. The molecule has 9 heteroatoms. The van der Waals surface area contributed by atoms with E-state index in [9.17, 15) is 18.4 Å². The van der Waals surface area contributed by atoms with Gasteiger partial charge in [-0.15, -0.1) is 0 Å². The standard InChI is InChI=1S/C32H47BrF2O6/c1-3-5-7-28(34)31(36)40-24-13-9-22(10-14-24)20-38-26-17-18-30(27(33)19-26)39-21-23-11-15-25(16-12-23)41-32(37)29(35)8-6-4-2/h17-19,22-25,28-29H,3-16,20-21H2,1-2H3. The molecule has 0 saturated heterocycles. The molecular formula is C32H47BrF2O6. The topological polar surface area (TPSA) is 71.1 Å². The largest absolute Gasteiger partial charge is 0.493 e. The quantitative estimate of drug-likeness (QED) is 0.168. The molecule has 2 atom stereocenters. The summed E-state index contributed by atoms with van der Waals surface area (Å²) in [4.78, 5) is 23.9. The predicted molar refractivity (Wildman–Crippen MR) is 158 cm³/mol. The van der Waals surface area contributed by atoms with E-state index in [0.717, 1.165) is 80.2 Å². The Balaban J connectivity index is 1.31. The number of rotatable bonds is 16. The zero-order valence-electron chi connectivity index (χ0n) is 24.6. The van der Waals surface area contributed by atoms with Crippen molar-refractivity contribution < 1.29 is 37.3 Å². The lowest BCUT2D eigenvalue weighted by atomic mass is 9.88. The second kappa shape index (κ2) is 17.9. The molecule has 2 saturated carbocycles. The van der Waals surface area contributed by atoms with Crippen molar-refractivity contribution in [3.05, 3.63) is 22.7 Å². The molecule has 2 aliphatic rings. The van der Waals surface area contributed by atoms with Gasteiger partial charge < -0.3 is 18.9 Å². The van der Waals surface area contributed by atoms with Gasteiger partial charge in [-0.1, -0.05) is 39.5 Å². The number of carbonyl (C=O) groups is 2. The van der Waals surface area contributed by atoms with E-state index < -0.39 is 24.3 Å². The van der Waals surface area contributed by atoms with Crippen LogP contribution in [-0.4, -0.2) is 49.7 Å². The minimum atomic E-state index is -1.52. The van der Waals surface area contributed by atoms with Crippen LogP contribution in [0.1, 0.15) is 104 Å². The van der Waals surface area contributed by atoms with Crippen LogP contribution >= 0.6 is 15.9 Å². The van der Waals surface area contributed by atoms with Crippen LogP contribution in [0.4, 0.5) is 8.78 Å². The maximum absolute atomic E-state index is 13.9. The summed E-state index contributed by atoms with van der Waals surface area (Å²) in [6.45, 7) is 5.09. The highest BCUT2D eigenvalue weighted by Crippen LogP contribution is 2.33. The van der Waals surface area contributed by atoms with Gasteiger partial charge in [0, 0.05) is 0 Å². The summed E-state index contributed by atoms with van der Waals surface area (Å²) >= 11 is 3.59. The van der Waals surface area contributed by atoms with Crippen molar-refractivity contribution in [3.8, 4) is 11.5 Å². The van der Waals surface area contributed by atoms with Crippen molar-refractivity contribution in [2.45, 2.75) is 128 Å². The lowest BCUT2D eigenvalue weighted by molar-refractivity contribution is -0.158. The molecule has 2 unspecified atom stereocenters. The van der Waals surface area contributed by atoms with Crippen LogP contribution in [0.25, 0.3) is 0 Å².